The van der Waals surface area contributed by atoms with Crippen molar-refractivity contribution in [3.8, 4) is 11.1 Å². The quantitative estimate of drug-likeness (QED) is 0.316. The first-order chi connectivity index (χ1) is 14.3. The van der Waals surface area contributed by atoms with Crippen LogP contribution in [0, 0.1) is 0 Å². The van der Waals surface area contributed by atoms with Crippen LogP contribution >= 0.6 is 0 Å². The molecule has 0 heterocycles. The average molecular weight is 415 g/mol. The second-order valence-corrected chi connectivity index (χ2v) is 6.99. The van der Waals surface area contributed by atoms with Gasteiger partial charge in [-0.15, -0.1) is 0 Å². The van der Waals surface area contributed by atoms with Crippen LogP contribution in [0.3, 0.4) is 0 Å². The maximum absolute atomic E-state index is 12.6. The molecule has 2 atom stereocenters. The normalized spacial score (nSPS) is 12.7. The van der Waals surface area contributed by atoms with E-state index in [1.807, 2.05) is 24.3 Å². The predicted octanol–water partition coefficient (Wildman–Crippen LogP) is 1.79. The molecule has 2 aromatic rings. The molecule has 30 heavy (non-hydrogen) atoms. The summed E-state index contributed by atoms with van der Waals surface area (Å²) in [7, 11) is 0. The van der Waals surface area contributed by atoms with Gasteiger partial charge in [-0.25, -0.2) is 9.86 Å². The van der Waals surface area contributed by atoms with E-state index in [4.69, 9.17) is 5.11 Å². The maximum Gasteiger partial charge on any atom is 0.341 e. The van der Waals surface area contributed by atoms with Crippen molar-refractivity contribution in [1.82, 2.24) is 15.7 Å². The highest BCUT2D eigenvalue weighted by Crippen LogP contribution is 2.20. The summed E-state index contributed by atoms with van der Waals surface area (Å²) in [6.07, 6.45) is -0.0383. The van der Waals surface area contributed by atoms with Crippen LogP contribution in [0.2, 0.25) is 0 Å². The molecular weight excluding hydrogens is 386 g/mol. The predicted molar refractivity (Wildman–Crippen MR) is 113 cm³/mol. The second kappa shape index (κ2) is 11.3. The first kappa shape index (κ1) is 23.3. The molecule has 2 aromatic carbocycles. The van der Waals surface area contributed by atoms with Crippen molar-refractivity contribution in [3.63, 3.8) is 0 Å². The summed E-state index contributed by atoms with van der Waals surface area (Å²) in [5.74, 6) is -0.432. The van der Waals surface area contributed by atoms with Crippen molar-refractivity contribution in [1.29, 1.82) is 0 Å². The van der Waals surface area contributed by atoms with Gasteiger partial charge in [-0.3, -0.25) is 10.0 Å². The number of urea groups is 1. The standard InChI is InChI=1S/C22H29N3O5/c1-3-16-4-6-17(7-5-16)18-8-10-19(11-9-18)21(28)24-20(15(2)27)14-25(30)22(29)23-12-13-26/h4-11,15,20,26-27,30H,3,12-14H2,1-2H3,(H,23,29)(H,24,28)/t15-,20-/m1/s1. The highest BCUT2D eigenvalue weighted by atomic mass is 16.5. The minimum atomic E-state index is -1.01. The molecule has 0 saturated heterocycles. The molecule has 8 heteroatoms. The van der Waals surface area contributed by atoms with Gasteiger partial charge in [-0.2, -0.15) is 0 Å². The first-order valence-corrected chi connectivity index (χ1v) is 9.89. The smallest absolute Gasteiger partial charge is 0.341 e. The Balaban J connectivity index is 2.02. The molecule has 3 amide bonds. The van der Waals surface area contributed by atoms with Crippen LogP contribution in [-0.4, -0.2) is 64.3 Å². The fourth-order valence-corrected chi connectivity index (χ4v) is 2.84. The molecule has 0 aliphatic heterocycles. The number of carbonyl (C=O) groups is 2. The number of aliphatic hydroxyl groups excluding tert-OH is 2. The summed E-state index contributed by atoms with van der Waals surface area (Å²) in [4.78, 5) is 24.2. The van der Waals surface area contributed by atoms with Gasteiger partial charge in [-0.05, 0) is 42.2 Å². The number of nitrogens with zero attached hydrogens (tertiary/aromatic N) is 1. The number of nitrogens with one attached hydrogen (secondary N) is 2. The average Bonchev–Trinajstić information content (AvgIpc) is 2.76. The molecule has 0 radical (unpaired) electrons. The summed E-state index contributed by atoms with van der Waals surface area (Å²) >= 11 is 0. The fraction of sp³-hybridized carbons (Fsp3) is 0.364. The summed E-state index contributed by atoms with van der Waals surface area (Å²) in [5.41, 5.74) is 3.67. The SMILES string of the molecule is CCc1ccc(-c2ccc(C(=O)N[C@H](CN(O)C(=O)NCCO)[C@@H](C)O)cc2)cc1. The van der Waals surface area contributed by atoms with Crippen molar-refractivity contribution in [2.24, 2.45) is 0 Å². The summed E-state index contributed by atoms with van der Waals surface area (Å²) in [6.45, 7) is 2.94. The van der Waals surface area contributed by atoms with E-state index in [0.717, 1.165) is 17.5 Å². The largest absolute Gasteiger partial charge is 0.395 e. The van der Waals surface area contributed by atoms with E-state index < -0.39 is 24.1 Å². The van der Waals surface area contributed by atoms with Gasteiger partial charge < -0.3 is 20.8 Å². The lowest BCUT2D eigenvalue weighted by molar-refractivity contribution is -0.0580. The number of carbonyl (C=O) groups excluding carboxylic acids is 2. The summed E-state index contributed by atoms with van der Waals surface area (Å²) < 4.78 is 0. The van der Waals surface area contributed by atoms with Crippen LogP contribution in [0.5, 0.6) is 0 Å². The topological polar surface area (TPSA) is 122 Å². The third-order valence-corrected chi connectivity index (χ3v) is 4.73. The number of aryl methyl sites for hydroxylation is 1. The van der Waals surface area contributed by atoms with E-state index >= 15 is 0 Å². The number of hydroxylamine groups is 2. The van der Waals surface area contributed by atoms with E-state index in [2.05, 4.69) is 29.7 Å². The first-order valence-electron chi connectivity index (χ1n) is 9.89. The van der Waals surface area contributed by atoms with E-state index in [1.165, 1.54) is 12.5 Å². The highest BCUT2D eigenvalue weighted by Gasteiger charge is 2.23. The van der Waals surface area contributed by atoms with Crippen molar-refractivity contribution in [2.75, 3.05) is 19.7 Å². The van der Waals surface area contributed by atoms with Gasteiger partial charge in [0.1, 0.15) is 0 Å². The van der Waals surface area contributed by atoms with E-state index in [1.54, 1.807) is 12.1 Å². The molecule has 0 bridgehead atoms. The number of hydrogen-bond donors (Lipinski definition) is 5. The Morgan fingerprint density at radius 2 is 1.60 bits per heavy atom. The van der Waals surface area contributed by atoms with Gasteiger partial charge in [0.05, 0.1) is 25.3 Å². The number of aliphatic hydroxyl groups is 2. The molecule has 0 aromatic heterocycles. The van der Waals surface area contributed by atoms with Crippen molar-refractivity contribution >= 4 is 11.9 Å². The second-order valence-electron chi connectivity index (χ2n) is 6.99. The lowest BCUT2D eigenvalue weighted by Gasteiger charge is -2.25. The van der Waals surface area contributed by atoms with Gasteiger partial charge in [0.15, 0.2) is 0 Å². The highest BCUT2D eigenvalue weighted by molar-refractivity contribution is 5.95. The third kappa shape index (κ3) is 6.55. The Labute approximate surface area is 176 Å². The minimum absolute atomic E-state index is 0.0187. The van der Waals surface area contributed by atoms with E-state index in [-0.39, 0.29) is 19.7 Å². The van der Waals surface area contributed by atoms with Crippen molar-refractivity contribution in [3.05, 3.63) is 59.7 Å². The van der Waals surface area contributed by atoms with Crippen molar-refractivity contribution < 1.29 is 25.0 Å². The molecular formula is C22H29N3O5. The van der Waals surface area contributed by atoms with Crippen LogP contribution in [0.15, 0.2) is 48.5 Å². The lowest BCUT2D eigenvalue weighted by atomic mass is 10.0. The Morgan fingerprint density at radius 1 is 1.03 bits per heavy atom. The van der Waals surface area contributed by atoms with Crippen LogP contribution < -0.4 is 10.6 Å². The molecule has 8 nitrogen and oxygen atoms in total. The van der Waals surface area contributed by atoms with Gasteiger partial charge in [0, 0.05) is 12.1 Å². The van der Waals surface area contributed by atoms with Crippen molar-refractivity contribution in [2.45, 2.75) is 32.4 Å². The third-order valence-electron chi connectivity index (χ3n) is 4.73. The Bertz CT molecular complexity index is 822. The Morgan fingerprint density at radius 3 is 2.10 bits per heavy atom. The molecule has 0 fully saturated rings. The zero-order valence-electron chi connectivity index (χ0n) is 17.2. The molecule has 0 unspecified atom stereocenters. The Kier molecular flexibility index (Phi) is 8.79. The zero-order valence-corrected chi connectivity index (χ0v) is 17.2. The van der Waals surface area contributed by atoms with Crippen LogP contribution in [0.25, 0.3) is 11.1 Å². The number of rotatable bonds is 9. The van der Waals surface area contributed by atoms with Crippen LogP contribution in [0.1, 0.15) is 29.8 Å². The summed E-state index contributed by atoms with van der Waals surface area (Å²) in [6, 6.07) is 13.5. The molecule has 2 rings (SSSR count). The van der Waals surface area contributed by atoms with E-state index in [0.29, 0.717) is 10.6 Å². The number of amides is 3. The van der Waals surface area contributed by atoms with Gasteiger partial charge >= 0.3 is 6.03 Å². The number of benzene rings is 2. The lowest BCUT2D eigenvalue weighted by Crippen LogP contribution is -2.52. The Hall–Kier alpha value is -2.94. The minimum Gasteiger partial charge on any atom is -0.395 e. The van der Waals surface area contributed by atoms with Gasteiger partial charge in [-0.1, -0.05) is 43.3 Å². The van der Waals surface area contributed by atoms with Gasteiger partial charge in [0.25, 0.3) is 5.91 Å². The summed E-state index contributed by atoms with van der Waals surface area (Å²) in [5, 5.41) is 33.7. The molecule has 5 N–H and O–H groups in total. The zero-order chi connectivity index (χ0) is 22.1. The van der Waals surface area contributed by atoms with E-state index in [9.17, 15) is 19.9 Å². The fourth-order valence-electron chi connectivity index (χ4n) is 2.84. The molecule has 0 saturated carbocycles. The monoisotopic (exact) mass is 415 g/mol. The molecule has 0 aliphatic rings. The molecule has 0 aliphatic carbocycles. The van der Waals surface area contributed by atoms with Crippen LogP contribution in [0.4, 0.5) is 4.79 Å². The van der Waals surface area contributed by atoms with Crippen LogP contribution in [-0.2, 0) is 6.42 Å². The van der Waals surface area contributed by atoms with Gasteiger partial charge in [0.2, 0.25) is 0 Å². The maximum atomic E-state index is 12.6. The molecule has 0 spiro atoms. The molecule has 162 valence electrons. The number of hydrogen-bond acceptors (Lipinski definition) is 5.